The van der Waals surface area contributed by atoms with Crippen LogP contribution in [0, 0.1) is 34.5 Å². The van der Waals surface area contributed by atoms with Crippen LogP contribution in [-0.4, -0.2) is 91.2 Å². The lowest BCUT2D eigenvalue weighted by Crippen LogP contribution is -2.61. The van der Waals surface area contributed by atoms with E-state index in [9.17, 15) is 9.90 Å². The highest BCUT2D eigenvalue weighted by atomic mass is 16.5. The molecule has 6 heteroatoms. The Morgan fingerprint density at radius 1 is 1.03 bits per heavy atom. The molecule has 0 aromatic carbocycles. The van der Waals surface area contributed by atoms with E-state index in [1.807, 2.05) is 6.92 Å². The molecule has 1 N–H and O–H groups in total. The first-order chi connectivity index (χ1) is 18.2. The van der Waals surface area contributed by atoms with Gasteiger partial charge in [-0.15, -0.1) is 0 Å². The van der Waals surface area contributed by atoms with Crippen LogP contribution in [-0.2, 0) is 14.3 Å². The third kappa shape index (κ3) is 4.39. The molecule has 2 aliphatic heterocycles. The van der Waals surface area contributed by atoms with Gasteiger partial charge in [-0.1, -0.05) is 20.8 Å². The summed E-state index contributed by atoms with van der Waals surface area (Å²) in [6.07, 6.45) is 12.6. The average Bonchev–Trinajstić information content (AvgIpc) is 3.22. The van der Waals surface area contributed by atoms with E-state index in [0.29, 0.717) is 29.7 Å². The van der Waals surface area contributed by atoms with E-state index < -0.39 is 0 Å². The number of aliphatic hydroxyl groups is 1. The van der Waals surface area contributed by atoms with Crippen molar-refractivity contribution in [3.63, 3.8) is 0 Å². The van der Waals surface area contributed by atoms with Crippen molar-refractivity contribution in [2.45, 2.75) is 116 Å². The van der Waals surface area contributed by atoms with Crippen LogP contribution in [0.5, 0.6) is 0 Å². The van der Waals surface area contributed by atoms with Crippen LogP contribution in [0.25, 0.3) is 0 Å². The highest BCUT2D eigenvalue weighted by Gasteiger charge is 2.67. The maximum atomic E-state index is 12.8. The minimum absolute atomic E-state index is 0.00195. The van der Waals surface area contributed by atoms with Crippen molar-refractivity contribution in [1.29, 1.82) is 0 Å². The molecule has 6 rings (SSSR count). The van der Waals surface area contributed by atoms with Gasteiger partial charge in [-0.25, -0.2) is 0 Å². The summed E-state index contributed by atoms with van der Waals surface area (Å²) in [5.41, 5.74) is 0.389. The molecular formula is C32H55N2O4+. The number of fused-ring (bicyclic) bond motifs is 5. The maximum Gasteiger partial charge on any atom is 0.306 e. The number of likely N-dealkylation sites (N-methyl/N-ethyl adjacent to an activating group) is 1. The Labute approximate surface area is 231 Å². The lowest BCUT2D eigenvalue weighted by Gasteiger charge is -2.62. The van der Waals surface area contributed by atoms with Gasteiger partial charge in [-0.3, -0.25) is 9.69 Å². The summed E-state index contributed by atoms with van der Waals surface area (Å²) in [6, 6.07) is 0.721. The van der Waals surface area contributed by atoms with Crippen molar-refractivity contribution in [2.24, 2.45) is 34.5 Å². The molecule has 4 saturated carbocycles. The summed E-state index contributed by atoms with van der Waals surface area (Å²) in [5, 5.41) is 11.3. The third-order valence-electron chi connectivity index (χ3n) is 13.3. The number of nitrogens with zero attached hydrogens (tertiary/aromatic N) is 2. The van der Waals surface area contributed by atoms with Crippen molar-refractivity contribution in [3.05, 3.63) is 0 Å². The molecule has 0 unspecified atom stereocenters. The van der Waals surface area contributed by atoms with Crippen molar-refractivity contribution >= 4 is 5.97 Å². The highest BCUT2D eigenvalue weighted by Crippen LogP contribution is 2.67. The molecule has 0 aromatic rings. The molecule has 4 aliphatic carbocycles. The molecule has 0 bridgehead atoms. The van der Waals surface area contributed by atoms with Crippen LogP contribution >= 0.6 is 0 Å². The number of aliphatic hydroxyl groups excluding tert-OH is 1. The van der Waals surface area contributed by atoms with E-state index in [-0.39, 0.29) is 29.6 Å². The van der Waals surface area contributed by atoms with Crippen molar-refractivity contribution in [1.82, 2.24) is 4.90 Å². The van der Waals surface area contributed by atoms with E-state index in [4.69, 9.17) is 9.47 Å². The van der Waals surface area contributed by atoms with E-state index in [2.05, 4.69) is 25.8 Å². The summed E-state index contributed by atoms with van der Waals surface area (Å²) in [7, 11) is 2.47. The Hall–Kier alpha value is -0.690. The van der Waals surface area contributed by atoms with E-state index in [0.717, 1.165) is 55.5 Å². The lowest BCUT2D eigenvalue weighted by molar-refractivity contribution is -0.940. The Morgan fingerprint density at radius 3 is 2.47 bits per heavy atom. The minimum atomic E-state index is -0.200. The molecule has 10 atom stereocenters. The van der Waals surface area contributed by atoms with E-state index in [1.165, 1.54) is 64.5 Å². The molecule has 0 aromatic heterocycles. The van der Waals surface area contributed by atoms with Crippen LogP contribution in [0.15, 0.2) is 0 Å². The van der Waals surface area contributed by atoms with Crippen LogP contribution in [0.1, 0.15) is 91.4 Å². The molecule has 38 heavy (non-hydrogen) atoms. The summed E-state index contributed by atoms with van der Waals surface area (Å²) in [4.78, 5) is 15.3. The zero-order valence-corrected chi connectivity index (χ0v) is 24.7. The Kier molecular flexibility index (Phi) is 7.45. The standard InChI is InChI=1S/C32H55N2O4/c1-5-29(36)38-30-27(34(4)15-7-6-8-16-34)20-25-23-10-9-22-19-28(35)26(33-13-17-37-18-14-33)21-32(22,3)24(23)11-12-31(25,30)2/h22-28,30,35H,5-21H2,1-4H3/q+1/t22-,23+,24-,25-,26-,27-,28-,30-,31-,32-/m0/s1. The van der Waals surface area contributed by atoms with Crippen molar-refractivity contribution in [3.8, 4) is 0 Å². The van der Waals surface area contributed by atoms with Crippen LogP contribution in [0.2, 0.25) is 0 Å². The number of piperidine rings is 1. The van der Waals surface area contributed by atoms with Gasteiger partial charge in [0.05, 0.1) is 39.5 Å². The Morgan fingerprint density at radius 2 is 1.76 bits per heavy atom. The predicted molar refractivity (Wildman–Crippen MR) is 148 cm³/mol. The van der Waals surface area contributed by atoms with Crippen molar-refractivity contribution in [2.75, 3.05) is 46.4 Å². The zero-order valence-electron chi connectivity index (χ0n) is 24.7. The first-order valence-electron chi connectivity index (χ1n) is 16.2. The molecular weight excluding hydrogens is 476 g/mol. The fourth-order valence-corrected chi connectivity index (χ4v) is 11.1. The van der Waals surface area contributed by atoms with Gasteiger partial charge in [0.2, 0.25) is 0 Å². The minimum Gasteiger partial charge on any atom is -0.455 e. The molecule has 216 valence electrons. The summed E-state index contributed by atoms with van der Waals surface area (Å²) < 4.78 is 13.2. The number of carbonyl (C=O) groups excluding carboxylic acids is 1. The lowest BCUT2D eigenvalue weighted by atomic mass is 9.44. The van der Waals surface area contributed by atoms with Gasteiger partial charge in [0.1, 0.15) is 6.04 Å². The van der Waals surface area contributed by atoms with Crippen LogP contribution < -0.4 is 0 Å². The first-order valence-corrected chi connectivity index (χ1v) is 16.2. The van der Waals surface area contributed by atoms with Crippen LogP contribution in [0.3, 0.4) is 0 Å². The number of rotatable bonds is 4. The van der Waals surface area contributed by atoms with E-state index >= 15 is 0 Å². The normalized spacial score (nSPS) is 49.0. The monoisotopic (exact) mass is 531 g/mol. The van der Waals surface area contributed by atoms with Crippen LogP contribution in [0.4, 0.5) is 0 Å². The second-order valence-corrected chi connectivity index (χ2v) is 15.0. The molecule has 6 aliphatic rings. The third-order valence-corrected chi connectivity index (χ3v) is 13.3. The van der Waals surface area contributed by atoms with Gasteiger partial charge in [0.25, 0.3) is 0 Å². The van der Waals surface area contributed by atoms with Gasteiger partial charge in [0, 0.05) is 37.4 Å². The number of likely N-dealkylation sites (tertiary alicyclic amines) is 1. The smallest absolute Gasteiger partial charge is 0.306 e. The predicted octanol–water partition coefficient (Wildman–Crippen LogP) is 4.63. The number of ether oxygens (including phenoxy) is 2. The number of esters is 1. The number of carbonyl (C=O) groups is 1. The largest absolute Gasteiger partial charge is 0.455 e. The Bertz CT molecular complexity index is 870. The molecule has 6 fully saturated rings. The van der Waals surface area contributed by atoms with Crippen molar-refractivity contribution < 1.29 is 23.9 Å². The molecule has 0 radical (unpaired) electrons. The Balaban J connectivity index is 1.28. The van der Waals surface area contributed by atoms with Gasteiger partial charge in [0.15, 0.2) is 6.10 Å². The molecule has 2 saturated heterocycles. The first kappa shape index (κ1) is 27.5. The summed E-state index contributed by atoms with van der Waals surface area (Å²) >= 11 is 0. The quantitative estimate of drug-likeness (QED) is 0.423. The fraction of sp³-hybridized carbons (Fsp3) is 0.969. The second-order valence-electron chi connectivity index (χ2n) is 15.0. The van der Waals surface area contributed by atoms with E-state index in [1.54, 1.807) is 0 Å². The topological polar surface area (TPSA) is 59.0 Å². The van der Waals surface area contributed by atoms with Gasteiger partial charge >= 0.3 is 5.97 Å². The van der Waals surface area contributed by atoms with Gasteiger partial charge < -0.3 is 19.1 Å². The maximum absolute atomic E-state index is 12.8. The summed E-state index contributed by atoms with van der Waals surface area (Å²) in [6.45, 7) is 13.0. The zero-order chi connectivity index (χ0) is 26.7. The SMILES string of the molecule is CCC(=O)O[C@H]1[C@@H]([N+]2(C)CCCCC2)C[C@H]2[C@@H]3CC[C@H]4C[C@H](O)[C@@H](N5CCOCC5)C[C@]4(C)[C@H]3CC[C@@]21C. The fourth-order valence-electron chi connectivity index (χ4n) is 11.1. The van der Waals surface area contributed by atoms with Gasteiger partial charge in [-0.05, 0) is 86.9 Å². The van der Waals surface area contributed by atoms with Gasteiger partial charge in [-0.2, -0.15) is 0 Å². The number of morpholine rings is 1. The molecule has 6 nitrogen and oxygen atoms in total. The average molecular weight is 532 g/mol. The highest BCUT2D eigenvalue weighted by molar-refractivity contribution is 5.69. The molecule has 0 spiro atoms. The molecule has 0 amide bonds. The number of hydrogen-bond donors (Lipinski definition) is 1. The number of quaternary nitrogens is 1. The molecule has 2 heterocycles. The summed E-state index contributed by atoms with van der Waals surface area (Å²) in [5.74, 6) is 2.73. The number of hydrogen-bond acceptors (Lipinski definition) is 5. The second kappa shape index (κ2) is 10.3.